The van der Waals surface area contributed by atoms with Crippen LogP contribution in [0.3, 0.4) is 0 Å². The second kappa shape index (κ2) is 9.26. The SMILES string of the molecule is CC[C@@H](C)NS(=O)(=O)c1ccc2c(c1)CCN2C(=O)CCC(=O)N1CCCCC1. The van der Waals surface area contributed by atoms with Crippen molar-refractivity contribution < 1.29 is 18.0 Å². The van der Waals surface area contributed by atoms with Crippen LogP contribution in [0.15, 0.2) is 23.1 Å². The van der Waals surface area contributed by atoms with Gasteiger partial charge in [-0.15, -0.1) is 0 Å². The van der Waals surface area contributed by atoms with Gasteiger partial charge >= 0.3 is 0 Å². The van der Waals surface area contributed by atoms with Crippen LogP contribution in [0.1, 0.15) is 57.9 Å². The lowest BCUT2D eigenvalue weighted by Gasteiger charge is -2.27. The van der Waals surface area contributed by atoms with E-state index in [2.05, 4.69) is 4.72 Å². The maximum absolute atomic E-state index is 12.7. The molecule has 0 unspecified atom stereocenters. The topological polar surface area (TPSA) is 86.8 Å². The largest absolute Gasteiger partial charge is 0.343 e. The molecule has 29 heavy (non-hydrogen) atoms. The highest BCUT2D eigenvalue weighted by Gasteiger charge is 2.28. The quantitative estimate of drug-likeness (QED) is 0.733. The number of hydrogen-bond donors (Lipinski definition) is 1. The van der Waals surface area contributed by atoms with Crippen molar-refractivity contribution in [2.75, 3.05) is 24.5 Å². The Hall–Kier alpha value is -1.93. The van der Waals surface area contributed by atoms with Crippen LogP contribution in [0, 0.1) is 0 Å². The molecule has 0 radical (unpaired) electrons. The fourth-order valence-corrected chi connectivity index (χ4v) is 5.25. The molecule has 7 nitrogen and oxygen atoms in total. The molecule has 1 atom stereocenters. The van der Waals surface area contributed by atoms with Crippen LogP contribution in [0.25, 0.3) is 0 Å². The second-order valence-electron chi connectivity index (χ2n) is 7.96. The molecular weight excluding hydrogens is 390 g/mol. The molecule has 0 aromatic heterocycles. The Balaban J connectivity index is 1.63. The first-order chi connectivity index (χ1) is 13.8. The standard InChI is InChI=1S/C21H31N3O4S/c1-3-16(2)22-29(27,28)18-7-8-19-17(15-18)11-14-24(19)21(26)10-9-20(25)23-12-5-4-6-13-23/h7-8,15-16,22H,3-6,9-14H2,1-2H3/t16-/m1/s1. The predicted molar refractivity (Wildman–Crippen MR) is 112 cm³/mol. The van der Waals surface area contributed by atoms with Crippen molar-refractivity contribution in [2.24, 2.45) is 0 Å². The van der Waals surface area contributed by atoms with Crippen molar-refractivity contribution in [1.82, 2.24) is 9.62 Å². The van der Waals surface area contributed by atoms with Crippen LogP contribution in [0.2, 0.25) is 0 Å². The Morgan fingerprint density at radius 1 is 1.07 bits per heavy atom. The molecule has 1 N–H and O–H groups in total. The monoisotopic (exact) mass is 421 g/mol. The van der Waals surface area contributed by atoms with Gasteiger partial charge in [-0.1, -0.05) is 6.92 Å². The summed E-state index contributed by atoms with van der Waals surface area (Å²) in [6, 6.07) is 4.78. The first-order valence-corrected chi connectivity index (χ1v) is 12.0. The molecule has 0 bridgehead atoms. The molecule has 2 amide bonds. The van der Waals surface area contributed by atoms with Gasteiger partial charge in [0.1, 0.15) is 0 Å². The lowest BCUT2D eigenvalue weighted by Crippen LogP contribution is -2.37. The molecule has 2 heterocycles. The summed E-state index contributed by atoms with van der Waals surface area (Å²) in [5.41, 5.74) is 1.61. The number of hydrogen-bond acceptors (Lipinski definition) is 4. The van der Waals surface area contributed by atoms with Gasteiger partial charge in [-0.05, 0) is 62.8 Å². The maximum atomic E-state index is 12.7. The number of carbonyl (C=O) groups is 2. The van der Waals surface area contributed by atoms with E-state index in [1.165, 1.54) is 0 Å². The van der Waals surface area contributed by atoms with E-state index in [0.717, 1.165) is 43.6 Å². The molecule has 3 rings (SSSR count). The highest BCUT2D eigenvalue weighted by atomic mass is 32.2. The van der Waals surface area contributed by atoms with E-state index in [1.807, 2.05) is 18.7 Å². The van der Waals surface area contributed by atoms with Gasteiger partial charge in [-0.3, -0.25) is 9.59 Å². The number of sulfonamides is 1. The van der Waals surface area contributed by atoms with Crippen LogP contribution < -0.4 is 9.62 Å². The molecular formula is C21H31N3O4S. The molecule has 1 aromatic rings. The molecule has 0 saturated carbocycles. The van der Waals surface area contributed by atoms with Gasteiger partial charge in [-0.2, -0.15) is 0 Å². The van der Waals surface area contributed by atoms with Gasteiger partial charge in [0, 0.05) is 44.2 Å². The van der Waals surface area contributed by atoms with Gasteiger partial charge in [0.05, 0.1) is 4.90 Å². The van der Waals surface area contributed by atoms with Crippen LogP contribution in [-0.4, -0.2) is 50.8 Å². The Kier molecular flexibility index (Phi) is 6.95. The minimum absolute atomic E-state index is 0.0510. The number of benzene rings is 1. The Bertz CT molecular complexity index is 863. The third-order valence-electron chi connectivity index (χ3n) is 5.79. The summed E-state index contributed by atoms with van der Waals surface area (Å²) in [5.74, 6) is -0.0301. The van der Waals surface area contributed by atoms with E-state index in [9.17, 15) is 18.0 Å². The lowest BCUT2D eigenvalue weighted by atomic mass is 10.1. The number of nitrogens with one attached hydrogen (secondary N) is 1. The summed E-state index contributed by atoms with van der Waals surface area (Å²) in [6.07, 6.45) is 4.99. The number of amides is 2. The first-order valence-electron chi connectivity index (χ1n) is 10.5. The number of likely N-dealkylation sites (tertiary alicyclic amines) is 1. The maximum Gasteiger partial charge on any atom is 0.240 e. The molecule has 0 spiro atoms. The zero-order chi connectivity index (χ0) is 21.0. The molecule has 2 aliphatic rings. The minimum atomic E-state index is -3.57. The van der Waals surface area contributed by atoms with Crippen molar-refractivity contribution in [3.05, 3.63) is 23.8 Å². The normalized spacial score (nSPS) is 17.9. The van der Waals surface area contributed by atoms with Crippen molar-refractivity contribution in [3.63, 3.8) is 0 Å². The highest BCUT2D eigenvalue weighted by molar-refractivity contribution is 7.89. The summed E-state index contributed by atoms with van der Waals surface area (Å²) < 4.78 is 27.7. The van der Waals surface area contributed by atoms with E-state index in [1.54, 1.807) is 23.1 Å². The average Bonchev–Trinajstić information content (AvgIpc) is 3.15. The number of rotatable bonds is 7. The van der Waals surface area contributed by atoms with E-state index < -0.39 is 10.0 Å². The van der Waals surface area contributed by atoms with Gasteiger partial charge in [0.15, 0.2) is 0 Å². The molecule has 1 aromatic carbocycles. The number of fused-ring (bicyclic) bond motifs is 1. The highest BCUT2D eigenvalue weighted by Crippen LogP contribution is 2.31. The zero-order valence-electron chi connectivity index (χ0n) is 17.3. The Morgan fingerprint density at radius 3 is 2.45 bits per heavy atom. The summed E-state index contributed by atoms with van der Waals surface area (Å²) in [5, 5.41) is 0. The van der Waals surface area contributed by atoms with Crippen LogP contribution in [0.5, 0.6) is 0 Å². The Morgan fingerprint density at radius 2 is 1.76 bits per heavy atom. The molecule has 1 saturated heterocycles. The van der Waals surface area contributed by atoms with Crippen LogP contribution in [0.4, 0.5) is 5.69 Å². The van der Waals surface area contributed by atoms with E-state index in [0.29, 0.717) is 19.4 Å². The van der Waals surface area contributed by atoms with Gasteiger partial charge in [0.2, 0.25) is 21.8 Å². The number of nitrogens with zero attached hydrogens (tertiary/aromatic N) is 2. The predicted octanol–water partition coefficient (Wildman–Crippen LogP) is 2.45. The van der Waals surface area contributed by atoms with Crippen molar-refractivity contribution in [3.8, 4) is 0 Å². The fourth-order valence-electron chi connectivity index (χ4n) is 3.87. The van der Waals surface area contributed by atoms with Gasteiger partial charge in [-0.25, -0.2) is 13.1 Å². The van der Waals surface area contributed by atoms with Crippen molar-refractivity contribution >= 4 is 27.5 Å². The molecule has 1 fully saturated rings. The zero-order valence-corrected chi connectivity index (χ0v) is 18.1. The minimum Gasteiger partial charge on any atom is -0.343 e. The number of anilines is 1. The summed E-state index contributed by atoms with van der Waals surface area (Å²) in [4.78, 5) is 28.8. The Labute approximate surface area is 173 Å². The summed E-state index contributed by atoms with van der Waals surface area (Å²) >= 11 is 0. The van der Waals surface area contributed by atoms with Crippen molar-refractivity contribution in [2.45, 2.75) is 69.7 Å². The molecule has 2 aliphatic heterocycles. The average molecular weight is 422 g/mol. The van der Waals surface area contributed by atoms with Gasteiger partial charge < -0.3 is 9.80 Å². The summed E-state index contributed by atoms with van der Waals surface area (Å²) in [7, 11) is -3.57. The number of piperidine rings is 1. The molecule has 0 aliphatic carbocycles. The second-order valence-corrected chi connectivity index (χ2v) is 9.67. The van der Waals surface area contributed by atoms with E-state index in [4.69, 9.17) is 0 Å². The molecule has 8 heteroatoms. The lowest BCUT2D eigenvalue weighted by molar-refractivity contribution is -0.133. The van der Waals surface area contributed by atoms with Crippen LogP contribution in [-0.2, 0) is 26.0 Å². The van der Waals surface area contributed by atoms with Gasteiger partial charge in [0.25, 0.3) is 0 Å². The number of carbonyl (C=O) groups excluding carboxylic acids is 2. The van der Waals surface area contributed by atoms with E-state index in [-0.39, 0.29) is 35.6 Å². The first kappa shape index (κ1) is 21.8. The van der Waals surface area contributed by atoms with Crippen LogP contribution >= 0.6 is 0 Å². The third-order valence-corrected chi connectivity index (χ3v) is 7.38. The summed E-state index contributed by atoms with van der Waals surface area (Å²) in [6.45, 7) is 5.86. The third kappa shape index (κ3) is 5.17. The fraction of sp³-hybridized carbons (Fsp3) is 0.619. The van der Waals surface area contributed by atoms with E-state index >= 15 is 0 Å². The smallest absolute Gasteiger partial charge is 0.240 e. The molecule has 160 valence electrons. The van der Waals surface area contributed by atoms with Crippen molar-refractivity contribution in [1.29, 1.82) is 0 Å².